The molecule has 1 N–H and O–H groups in total. The molecule has 0 bridgehead atoms. The molecule has 0 spiro atoms. The molecule has 1 aliphatic rings. The second-order valence-electron chi connectivity index (χ2n) is 5.79. The summed E-state index contributed by atoms with van der Waals surface area (Å²) in [6.07, 6.45) is 1.04. The number of halogens is 2. The predicted octanol–water partition coefficient (Wildman–Crippen LogP) is 4.65. The van der Waals surface area contributed by atoms with Gasteiger partial charge >= 0.3 is 0 Å². The zero-order chi connectivity index (χ0) is 14.8. The van der Waals surface area contributed by atoms with Crippen molar-refractivity contribution in [2.75, 3.05) is 13.1 Å². The standard InChI is InChI=1S/C18H19ClFN/c1-12-3-2-4-13(9-12)16-11-21-8-7-15(16)14-5-6-18(20)17(19)10-14/h2-6,9-10,15-16,21H,7-8,11H2,1H3. The lowest BCUT2D eigenvalue weighted by molar-refractivity contribution is 0.403. The van der Waals surface area contributed by atoms with Crippen LogP contribution in [-0.4, -0.2) is 13.1 Å². The lowest BCUT2D eigenvalue weighted by Crippen LogP contribution is -2.34. The summed E-state index contributed by atoms with van der Waals surface area (Å²) in [6.45, 7) is 4.05. The average Bonchev–Trinajstić information content (AvgIpc) is 2.50. The Bertz CT molecular complexity index is 641. The van der Waals surface area contributed by atoms with Crippen molar-refractivity contribution in [3.8, 4) is 0 Å². The molecule has 2 aromatic rings. The van der Waals surface area contributed by atoms with Crippen LogP contribution >= 0.6 is 11.6 Å². The summed E-state index contributed by atoms with van der Waals surface area (Å²) < 4.78 is 13.4. The molecule has 0 saturated carbocycles. The van der Waals surface area contributed by atoms with Gasteiger partial charge in [0, 0.05) is 12.5 Å². The lowest BCUT2D eigenvalue weighted by atomic mass is 9.77. The highest BCUT2D eigenvalue weighted by atomic mass is 35.5. The molecule has 0 aliphatic carbocycles. The third-order valence-corrected chi connectivity index (χ3v) is 4.61. The van der Waals surface area contributed by atoms with E-state index in [1.807, 2.05) is 6.07 Å². The number of aryl methyl sites for hydroxylation is 1. The van der Waals surface area contributed by atoms with Crippen molar-refractivity contribution in [3.63, 3.8) is 0 Å². The summed E-state index contributed by atoms with van der Waals surface area (Å²) in [5.41, 5.74) is 3.75. The van der Waals surface area contributed by atoms with Gasteiger partial charge in [-0.25, -0.2) is 4.39 Å². The van der Waals surface area contributed by atoms with Crippen molar-refractivity contribution >= 4 is 11.6 Å². The van der Waals surface area contributed by atoms with E-state index >= 15 is 0 Å². The van der Waals surface area contributed by atoms with Gasteiger partial charge in [0.05, 0.1) is 5.02 Å². The van der Waals surface area contributed by atoms with Crippen molar-refractivity contribution in [2.24, 2.45) is 0 Å². The first-order valence-electron chi connectivity index (χ1n) is 7.37. The Labute approximate surface area is 130 Å². The number of hydrogen-bond donors (Lipinski definition) is 1. The molecule has 1 aliphatic heterocycles. The van der Waals surface area contributed by atoms with Crippen molar-refractivity contribution in [3.05, 3.63) is 70.0 Å². The van der Waals surface area contributed by atoms with E-state index in [2.05, 4.69) is 36.5 Å². The van der Waals surface area contributed by atoms with Gasteiger partial charge in [-0.3, -0.25) is 0 Å². The lowest BCUT2D eigenvalue weighted by Gasteiger charge is -2.33. The molecular weight excluding hydrogens is 285 g/mol. The van der Waals surface area contributed by atoms with Crippen molar-refractivity contribution < 1.29 is 4.39 Å². The van der Waals surface area contributed by atoms with Gasteiger partial charge in [0.15, 0.2) is 0 Å². The van der Waals surface area contributed by atoms with Crippen LogP contribution in [0.2, 0.25) is 5.02 Å². The maximum absolute atomic E-state index is 13.4. The smallest absolute Gasteiger partial charge is 0.141 e. The average molecular weight is 304 g/mol. The van der Waals surface area contributed by atoms with Crippen LogP contribution in [0.5, 0.6) is 0 Å². The summed E-state index contributed by atoms with van der Waals surface area (Å²) >= 11 is 5.96. The minimum Gasteiger partial charge on any atom is -0.316 e. The van der Waals surface area contributed by atoms with Crippen molar-refractivity contribution in [2.45, 2.75) is 25.2 Å². The second-order valence-corrected chi connectivity index (χ2v) is 6.20. The molecule has 1 saturated heterocycles. The van der Waals surface area contributed by atoms with Crippen LogP contribution in [0.3, 0.4) is 0 Å². The highest BCUT2D eigenvalue weighted by Gasteiger charge is 2.28. The summed E-state index contributed by atoms with van der Waals surface area (Å²) in [4.78, 5) is 0. The summed E-state index contributed by atoms with van der Waals surface area (Å²) in [6, 6.07) is 13.8. The molecule has 2 unspecified atom stereocenters. The molecule has 1 fully saturated rings. The Hall–Kier alpha value is -1.38. The van der Waals surface area contributed by atoms with Gasteiger partial charge in [-0.1, -0.05) is 47.5 Å². The van der Waals surface area contributed by atoms with Crippen molar-refractivity contribution in [1.82, 2.24) is 5.32 Å². The Morgan fingerprint density at radius 1 is 1.10 bits per heavy atom. The second kappa shape index (κ2) is 6.17. The number of rotatable bonds is 2. The fourth-order valence-corrected chi connectivity index (χ4v) is 3.44. The molecule has 0 amide bonds. The molecule has 2 atom stereocenters. The monoisotopic (exact) mass is 303 g/mol. The van der Waals surface area contributed by atoms with Gasteiger partial charge in [-0.2, -0.15) is 0 Å². The van der Waals surface area contributed by atoms with Gasteiger partial charge in [0.25, 0.3) is 0 Å². The first kappa shape index (κ1) is 14.6. The predicted molar refractivity (Wildman–Crippen MR) is 85.6 cm³/mol. The van der Waals surface area contributed by atoms with E-state index in [9.17, 15) is 4.39 Å². The third-order valence-electron chi connectivity index (χ3n) is 4.32. The fourth-order valence-electron chi connectivity index (χ4n) is 3.25. The molecule has 1 heterocycles. The van der Waals surface area contributed by atoms with Crippen molar-refractivity contribution in [1.29, 1.82) is 0 Å². The SMILES string of the molecule is Cc1cccc(C2CNCCC2c2ccc(F)c(Cl)c2)c1. The maximum Gasteiger partial charge on any atom is 0.141 e. The topological polar surface area (TPSA) is 12.0 Å². The van der Waals surface area contributed by atoms with Gasteiger partial charge in [-0.05, 0) is 49.1 Å². The van der Waals surface area contributed by atoms with E-state index in [1.54, 1.807) is 6.07 Å². The quantitative estimate of drug-likeness (QED) is 0.851. The molecule has 110 valence electrons. The first-order valence-corrected chi connectivity index (χ1v) is 7.75. The largest absolute Gasteiger partial charge is 0.316 e. The number of benzene rings is 2. The molecule has 1 nitrogen and oxygen atoms in total. The molecule has 0 aromatic heterocycles. The molecule has 0 radical (unpaired) electrons. The molecule has 2 aromatic carbocycles. The zero-order valence-electron chi connectivity index (χ0n) is 12.1. The highest BCUT2D eigenvalue weighted by Crippen LogP contribution is 2.38. The van der Waals surface area contributed by atoms with E-state index in [4.69, 9.17) is 11.6 Å². The maximum atomic E-state index is 13.4. The molecule has 3 heteroatoms. The first-order chi connectivity index (χ1) is 10.1. The summed E-state index contributed by atoms with van der Waals surface area (Å²) in [7, 11) is 0. The van der Waals surface area contributed by atoms with Crippen LogP contribution in [0.4, 0.5) is 4.39 Å². The Kier molecular flexibility index (Phi) is 4.27. The van der Waals surface area contributed by atoms with Crippen LogP contribution in [0.25, 0.3) is 0 Å². The molecular formula is C18H19ClFN. The van der Waals surface area contributed by atoms with E-state index < -0.39 is 0 Å². The summed E-state index contributed by atoms with van der Waals surface area (Å²) in [5, 5.41) is 3.69. The summed E-state index contributed by atoms with van der Waals surface area (Å²) in [5.74, 6) is 0.438. The van der Waals surface area contributed by atoms with Crippen LogP contribution in [0.1, 0.15) is 34.9 Å². The van der Waals surface area contributed by atoms with E-state index in [0.717, 1.165) is 25.1 Å². The van der Waals surface area contributed by atoms with Gasteiger partial charge in [-0.15, -0.1) is 0 Å². The molecule has 21 heavy (non-hydrogen) atoms. The van der Waals surface area contributed by atoms with E-state index in [1.165, 1.54) is 17.2 Å². The van der Waals surface area contributed by atoms with Gasteiger partial charge in [0.2, 0.25) is 0 Å². The fraction of sp³-hybridized carbons (Fsp3) is 0.333. The minimum atomic E-state index is -0.346. The third kappa shape index (κ3) is 3.12. The van der Waals surface area contributed by atoms with Gasteiger partial charge < -0.3 is 5.32 Å². The normalized spacial score (nSPS) is 22.2. The zero-order valence-corrected chi connectivity index (χ0v) is 12.8. The highest BCUT2D eigenvalue weighted by molar-refractivity contribution is 6.30. The van der Waals surface area contributed by atoms with E-state index in [-0.39, 0.29) is 10.8 Å². The number of nitrogens with one attached hydrogen (secondary N) is 1. The van der Waals surface area contributed by atoms with Crippen LogP contribution < -0.4 is 5.32 Å². The Balaban J connectivity index is 1.96. The van der Waals surface area contributed by atoms with Crippen LogP contribution in [0, 0.1) is 12.7 Å². The van der Waals surface area contributed by atoms with Gasteiger partial charge in [0.1, 0.15) is 5.82 Å². The Morgan fingerprint density at radius 3 is 2.67 bits per heavy atom. The number of piperidine rings is 1. The number of hydrogen-bond acceptors (Lipinski definition) is 1. The van der Waals surface area contributed by atoms with Crippen LogP contribution in [-0.2, 0) is 0 Å². The molecule has 3 rings (SSSR count). The van der Waals surface area contributed by atoms with Crippen LogP contribution in [0.15, 0.2) is 42.5 Å². The minimum absolute atomic E-state index is 0.217. The van der Waals surface area contributed by atoms with E-state index in [0.29, 0.717) is 11.8 Å². The Morgan fingerprint density at radius 2 is 1.90 bits per heavy atom.